The number of nitrogens with one attached hydrogen (secondary N) is 1. The predicted octanol–water partition coefficient (Wildman–Crippen LogP) is 1.14. The van der Waals surface area contributed by atoms with Crippen LogP contribution >= 0.6 is 0 Å². The molecule has 5 nitrogen and oxygen atoms in total. The van der Waals surface area contributed by atoms with Crippen molar-refractivity contribution in [3.63, 3.8) is 0 Å². The van der Waals surface area contributed by atoms with Crippen LogP contribution in [0.25, 0.3) is 0 Å². The van der Waals surface area contributed by atoms with Crippen LogP contribution in [0.15, 0.2) is 47.2 Å². The summed E-state index contributed by atoms with van der Waals surface area (Å²) in [5, 5.41) is 11.8. The third kappa shape index (κ3) is 2.70. The first-order chi connectivity index (χ1) is 8.31. The van der Waals surface area contributed by atoms with E-state index in [4.69, 9.17) is 4.42 Å². The van der Waals surface area contributed by atoms with E-state index in [1.54, 1.807) is 30.3 Å². The Balaban J connectivity index is 2.08. The van der Waals surface area contributed by atoms with Crippen LogP contribution in [0.5, 0.6) is 0 Å². The summed E-state index contributed by atoms with van der Waals surface area (Å²) in [5.74, 6) is 0.165. The van der Waals surface area contributed by atoms with Crippen molar-refractivity contribution in [2.24, 2.45) is 0 Å². The van der Waals surface area contributed by atoms with Crippen LogP contribution < -0.4 is 5.32 Å². The number of aliphatic hydroxyl groups excluding tert-OH is 1. The Morgan fingerprint density at radius 2 is 2.29 bits per heavy atom. The fourth-order valence-corrected chi connectivity index (χ4v) is 1.43. The topological polar surface area (TPSA) is 75.4 Å². The highest BCUT2D eigenvalue weighted by atomic mass is 16.3. The summed E-state index contributed by atoms with van der Waals surface area (Å²) in [6.45, 7) is -0.230. The molecule has 1 amide bonds. The first-order valence-corrected chi connectivity index (χ1v) is 5.17. The Bertz CT molecular complexity index is 468. The normalized spacial score (nSPS) is 12.1. The van der Waals surface area contributed by atoms with Gasteiger partial charge in [-0.3, -0.25) is 9.78 Å². The number of rotatable bonds is 4. The maximum atomic E-state index is 11.8. The fraction of sp³-hybridized carbons (Fsp3) is 0.167. The molecule has 0 saturated carbocycles. The summed E-state index contributed by atoms with van der Waals surface area (Å²) in [6.07, 6.45) is 3.03. The van der Waals surface area contributed by atoms with Gasteiger partial charge in [0.2, 0.25) is 0 Å². The number of nitrogens with zero attached hydrogens (tertiary/aromatic N) is 1. The standard InChI is InChI=1S/C12H12N2O3/c15-8-10(11-5-3-7-17-11)14-12(16)9-4-1-2-6-13-9/h1-7,10,15H,8H2,(H,14,16). The molecule has 1 unspecified atom stereocenters. The summed E-state index contributed by atoms with van der Waals surface area (Å²) in [7, 11) is 0. The smallest absolute Gasteiger partial charge is 0.270 e. The van der Waals surface area contributed by atoms with Crippen molar-refractivity contribution in [1.29, 1.82) is 0 Å². The van der Waals surface area contributed by atoms with E-state index in [9.17, 15) is 9.90 Å². The van der Waals surface area contributed by atoms with Gasteiger partial charge in [-0.05, 0) is 24.3 Å². The molecule has 2 rings (SSSR count). The second kappa shape index (κ2) is 5.27. The van der Waals surface area contributed by atoms with Crippen LogP contribution in [0.4, 0.5) is 0 Å². The second-order valence-electron chi connectivity index (χ2n) is 3.44. The fourth-order valence-electron chi connectivity index (χ4n) is 1.43. The van der Waals surface area contributed by atoms with Crippen LogP contribution in [0.1, 0.15) is 22.3 Å². The van der Waals surface area contributed by atoms with Gasteiger partial charge in [0, 0.05) is 6.20 Å². The van der Waals surface area contributed by atoms with Crippen LogP contribution in [-0.4, -0.2) is 22.6 Å². The average Bonchev–Trinajstić information content (AvgIpc) is 2.90. The Kier molecular flexibility index (Phi) is 3.52. The van der Waals surface area contributed by atoms with Crippen molar-refractivity contribution in [2.75, 3.05) is 6.61 Å². The zero-order valence-corrected chi connectivity index (χ0v) is 9.04. The van der Waals surface area contributed by atoms with Gasteiger partial charge >= 0.3 is 0 Å². The van der Waals surface area contributed by atoms with Gasteiger partial charge in [0.05, 0.1) is 12.9 Å². The third-order valence-corrected chi connectivity index (χ3v) is 2.27. The number of aromatic nitrogens is 1. The van der Waals surface area contributed by atoms with Crippen molar-refractivity contribution >= 4 is 5.91 Å². The van der Waals surface area contributed by atoms with Crippen LogP contribution in [-0.2, 0) is 0 Å². The highest BCUT2D eigenvalue weighted by Crippen LogP contribution is 2.13. The first-order valence-electron chi connectivity index (χ1n) is 5.17. The molecule has 0 radical (unpaired) electrons. The van der Waals surface area contributed by atoms with Crippen LogP contribution in [0.2, 0.25) is 0 Å². The minimum atomic E-state index is -0.556. The molecule has 2 aromatic rings. The molecule has 0 saturated heterocycles. The summed E-state index contributed by atoms with van der Waals surface area (Å²) in [4.78, 5) is 15.7. The number of furan rings is 1. The highest BCUT2D eigenvalue weighted by molar-refractivity contribution is 5.92. The van der Waals surface area contributed by atoms with Gasteiger partial charge in [-0.1, -0.05) is 6.07 Å². The Labute approximate surface area is 98.1 Å². The van der Waals surface area contributed by atoms with Crippen molar-refractivity contribution in [2.45, 2.75) is 6.04 Å². The molecule has 0 aliphatic heterocycles. The van der Waals surface area contributed by atoms with E-state index in [-0.39, 0.29) is 12.5 Å². The lowest BCUT2D eigenvalue weighted by Gasteiger charge is -2.13. The minimum Gasteiger partial charge on any atom is -0.467 e. The lowest BCUT2D eigenvalue weighted by Crippen LogP contribution is -2.31. The molecule has 2 N–H and O–H groups in total. The molecule has 2 heterocycles. The molecular weight excluding hydrogens is 220 g/mol. The van der Waals surface area contributed by atoms with E-state index >= 15 is 0 Å². The molecule has 1 atom stereocenters. The zero-order chi connectivity index (χ0) is 12.1. The quantitative estimate of drug-likeness (QED) is 0.828. The summed E-state index contributed by atoms with van der Waals surface area (Å²) in [5.41, 5.74) is 0.303. The van der Waals surface area contributed by atoms with Crippen molar-refractivity contribution in [3.8, 4) is 0 Å². The van der Waals surface area contributed by atoms with Crippen LogP contribution in [0.3, 0.4) is 0 Å². The van der Waals surface area contributed by atoms with Gasteiger partial charge in [-0.25, -0.2) is 0 Å². The summed E-state index contributed by atoms with van der Waals surface area (Å²) >= 11 is 0. The molecule has 0 aliphatic rings. The lowest BCUT2D eigenvalue weighted by molar-refractivity contribution is 0.0902. The summed E-state index contributed by atoms with van der Waals surface area (Å²) < 4.78 is 5.13. The SMILES string of the molecule is O=C(NC(CO)c1ccco1)c1ccccn1. The maximum Gasteiger partial charge on any atom is 0.270 e. The van der Waals surface area contributed by atoms with E-state index in [2.05, 4.69) is 10.3 Å². The number of hydrogen-bond acceptors (Lipinski definition) is 4. The maximum absolute atomic E-state index is 11.8. The van der Waals surface area contributed by atoms with Crippen LogP contribution in [0, 0.1) is 0 Å². The predicted molar refractivity (Wildman–Crippen MR) is 60.2 cm³/mol. The van der Waals surface area contributed by atoms with Crippen molar-refractivity contribution in [3.05, 3.63) is 54.2 Å². The molecule has 0 aromatic carbocycles. The molecule has 0 aliphatic carbocycles. The Hall–Kier alpha value is -2.14. The zero-order valence-electron chi connectivity index (χ0n) is 9.04. The van der Waals surface area contributed by atoms with E-state index in [1.807, 2.05) is 0 Å². The van der Waals surface area contributed by atoms with E-state index < -0.39 is 6.04 Å². The highest BCUT2D eigenvalue weighted by Gasteiger charge is 2.17. The van der Waals surface area contributed by atoms with Gasteiger partial charge in [-0.2, -0.15) is 0 Å². The average molecular weight is 232 g/mol. The molecule has 88 valence electrons. The van der Waals surface area contributed by atoms with E-state index in [0.717, 1.165) is 0 Å². The van der Waals surface area contributed by atoms with Crippen molar-refractivity contribution < 1.29 is 14.3 Å². The number of carbonyl (C=O) groups excluding carboxylic acids is 1. The second-order valence-corrected chi connectivity index (χ2v) is 3.44. The van der Waals surface area contributed by atoms with Gasteiger partial charge in [0.1, 0.15) is 17.5 Å². The molecule has 5 heteroatoms. The number of carbonyl (C=O) groups is 1. The Morgan fingerprint density at radius 3 is 2.88 bits per heavy atom. The number of hydrogen-bond donors (Lipinski definition) is 2. The first kappa shape index (κ1) is 11.3. The van der Waals surface area contributed by atoms with Gasteiger partial charge < -0.3 is 14.8 Å². The molecule has 17 heavy (non-hydrogen) atoms. The lowest BCUT2D eigenvalue weighted by atomic mass is 10.2. The van der Waals surface area contributed by atoms with Gasteiger partial charge in [-0.15, -0.1) is 0 Å². The molecular formula is C12H12N2O3. The molecule has 0 bridgehead atoms. The van der Waals surface area contributed by atoms with E-state index in [1.165, 1.54) is 12.5 Å². The van der Waals surface area contributed by atoms with E-state index in [0.29, 0.717) is 11.5 Å². The Morgan fingerprint density at radius 1 is 1.41 bits per heavy atom. The third-order valence-electron chi connectivity index (χ3n) is 2.27. The van der Waals surface area contributed by atoms with Gasteiger partial charge in [0.15, 0.2) is 0 Å². The number of aliphatic hydroxyl groups is 1. The largest absolute Gasteiger partial charge is 0.467 e. The molecule has 0 fully saturated rings. The summed E-state index contributed by atoms with van der Waals surface area (Å²) in [6, 6.07) is 7.89. The van der Waals surface area contributed by atoms with Crippen molar-refractivity contribution in [1.82, 2.24) is 10.3 Å². The molecule has 0 spiro atoms. The minimum absolute atomic E-state index is 0.230. The molecule has 2 aromatic heterocycles. The number of amides is 1. The van der Waals surface area contributed by atoms with Gasteiger partial charge in [0.25, 0.3) is 5.91 Å². The monoisotopic (exact) mass is 232 g/mol. The number of pyridine rings is 1.